The van der Waals surface area contributed by atoms with Crippen LogP contribution in [0.1, 0.15) is 29.3 Å². The maximum atomic E-state index is 13.4. The van der Waals surface area contributed by atoms with Crippen LogP contribution in [0.2, 0.25) is 0 Å². The van der Waals surface area contributed by atoms with Crippen LogP contribution < -0.4 is 14.8 Å². The normalized spacial score (nSPS) is 23.4. The summed E-state index contributed by atoms with van der Waals surface area (Å²) in [5.41, 5.74) is 1.50. The number of carbonyl (C=O) groups excluding carboxylic acids is 2. The molecule has 1 spiro atoms. The van der Waals surface area contributed by atoms with Gasteiger partial charge in [-0.15, -0.1) is 0 Å². The summed E-state index contributed by atoms with van der Waals surface area (Å²) < 4.78 is 14.5. The second kappa shape index (κ2) is 10.7. The second-order valence-electron chi connectivity index (χ2n) is 10.8. The van der Waals surface area contributed by atoms with Crippen LogP contribution >= 0.6 is 0 Å². The van der Waals surface area contributed by atoms with Gasteiger partial charge in [0.05, 0.1) is 32.7 Å². The number of hydrogen-bond acceptors (Lipinski definition) is 7. The van der Waals surface area contributed by atoms with Crippen LogP contribution in [-0.4, -0.2) is 82.1 Å². The van der Waals surface area contributed by atoms with E-state index in [0.717, 1.165) is 34.9 Å². The number of likely N-dealkylation sites (tertiary alicyclic amines) is 1. The number of pyridine rings is 1. The van der Waals surface area contributed by atoms with Crippen molar-refractivity contribution >= 4 is 11.8 Å². The molecule has 2 atom stereocenters. The lowest BCUT2D eigenvalue weighted by molar-refractivity contribution is -0.129. The van der Waals surface area contributed by atoms with Crippen LogP contribution in [0.15, 0.2) is 55.1 Å². The molecule has 1 N–H and O–H groups in total. The number of para-hydroxylation sites is 1. The van der Waals surface area contributed by atoms with E-state index in [-0.39, 0.29) is 24.3 Å². The van der Waals surface area contributed by atoms with Gasteiger partial charge in [0.25, 0.3) is 0 Å². The number of carbonyl (C=O) groups is 2. The lowest BCUT2D eigenvalue weighted by atomic mass is 9.73. The largest absolute Gasteiger partial charge is 0.490 e. The Hall–Kier alpha value is -3.92. The number of nitrogens with zero attached hydrogens (tertiary/aromatic N) is 5. The zero-order valence-electron chi connectivity index (χ0n) is 22.2. The van der Waals surface area contributed by atoms with Gasteiger partial charge in [-0.3, -0.25) is 19.5 Å². The van der Waals surface area contributed by atoms with Gasteiger partial charge in [-0.2, -0.15) is 0 Å². The van der Waals surface area contributed by atoms with Crippen LogP contribution in [0.3, 0.4) is 0 Å². The summed E-state index contributed by atoms with van der Waals surface area (Å²) in [6.45, 7) is 3.94. The molecule has 10 nitrogen and oxygen atoms in total. The van der Waals surface area contributed by atoms with Crippen molar-refractivity contribution in [1.29, 1.82) is 0 Å². The summed E-state index contributed by atoms with van der Waals surface area (Å²) in [5, 5.41) is 3.20. The predicted molar refractivity (Wildman–Crippen MR) is 143 cm³/mol. The Balaban J connectivity index is 1.26. The van der Waals surface area contributed by atoms with Crippen molar-refractivity contribution in [1.82, 2.24) is 29.7 Å². The molecule has 4 aliphatic heterocycles. The number of nitrogens with one attached hydrogen (secondary N) is 1. The second-order valence-corrected chi connectivity index (χ2v) is 10.8. The van der Waals surface area contributed by atoms with Crippen molar-refractivity contribution in [2.75, 3.05) is 45.9 Å². The third-order valence-electron chi connectivity index (χ3n) is 8.13. The zero-order valence-corrected chi connectivity index (χ0v) is 22.2. The molecule has 39 heavy (non-hydrogen) atoms. The first-order valence-corrected chi connectivity index (χ1v) is 13.5. The molecular weight excluding hydrogens is 496 g/mol. The molecule has 1 saturated heterocycles. The Labute approximate surface area is 227 Å². The highest BCUT2D eigenvalue weighted by molar-refractivity contribution is 5.80. The highest BCUT2D eigenvalue weighted by Crippen LogP contribution is 2.52. The molecule has 204 valence electrons. The molecule has 0 saturated carbocycles. The maximum absolute atomic E-state index is 13.4. The Kier molecular flexibility index (Phi) is 6.95. The van der Waals surface area contributed by atoms with Crippen LogP contribution in [0, 0.1) is 5.41 Å². The van der Waals surface area contributed by atoms with Gasteiger partial charge >= 0.3 is 0 Å². The van der Waals surface area contributed by atoms with Gasteiger partial charge in [0.15, 0.2) is 11.5 Å². The quantitative estimate of drug-likeness (QED) is 0.549. The molecule has 10 heteroatoms. The Morgan fingerprint density at radius 3 is 2.95 bits per heavy atom. The molecule has 6 heterocycles. The van der Waals surface area contributed by atoms with E-state index in [0.29, 0.717) is 52.4 Å². The van der Waals surface area contributed by atoms with E-state index in [1.165, 1.54) is 0 Å². The van der Waals surface area contributed by atoms with E-state index in [9.17, 15) is 9.59 Å². The van der Waals surface area contributed by atoms with Gasteiger partial charge in [0, 0.05) is 74.9 Å². The van der Waals surface area contributed by atoms with Crippen LogP contribution in [0.25, 0.3) is 0 Å². The minimum atomic E-state index is -0.430. The number of imidazole rings is 1. The highest BCUT2D eigenvalue weighted by atomic mass is 16.5. The number of hydrogen-bond donors (Lipinski definition) is 1. The average molecular weight is 531 g/mol. The number of rotatable bonds is 4. The molecular formula is C29H34N6O4. The molecule has 0 unspecified atom stereocenters. The van der Waals surface area contributed by atoms with Crippen molar-refractivity contribution < 1.29 is 19.1 Å². The van der Waals surface area contributed by atoms with Gasteiger partial charge in [-0.05, 0) is 24.1 Å². The summed E-state index contributed by atoms with van der Waals surface area (Å²) in [6.07, 6.45) is 8.17. The van der Waals surface area contributed by atoms with Gasteiger partial charge < -0.3 is 24.3 Å². The summed E-state index contributed by atoms with van der Waals surface area (Å²) in [7, 11) is 1.96. The first-order chi connectivity index (χ1) is 19.0. The van der Waals surface area contributed by atoms with Gasteiger partial charge in [0.1, 0.15) is 5.82 Å². The van der Waals surface area contributed by atoms with E-state index < -0.39 is 5.41 Å². The average Bonchev–Trinajstić information content (AvgIpc) is 3.54. The molecule has 4 aliphatic rings. The third-order valence-corrected chi connectivity index (χ3v) is 8.13. The van der Waals surface area contributed by atoms with Crippen LogP contribution in [0.4, 0.5) is 0 Å². The van der Waals surface area contributed by atoms with E-state index in [2.05, 4.69) is 26.3 Å². The summed E-state index contributed by atoms with van der Waals surface area (Å²) >= 11 is 0. The molecule has 0 radical (unpaired) electrons. The minimum Gasteiger partial charge on any atom is -0.490 e. The van der Waals surface area contributed by atoms with E-state index in [1.54, 1.807) is 18.6 Å². The topological polar surface area (TPSA) is 102 Å². The predicted octanol–water partition coefficient (Wildman–Crippen LogP) is 1.76. The molecule has 0 aliphatic carbocycles. The fourth-order valence-corrected chi connectivity index (χ4v) is 6.01. The Morgan fingerprint density at radius 1 is 1.21 bits per heavy atom. The molecule has 1 fully saturated rings. The number of aryl methyl sites for hydroxylation is 1. The monoisotopic (exact) mass is 530 g/mol. The number of ether oxygens (including phenoxy) is 2. The number of amides is 2. The molecule has 3 aromatic rings. The van der Waals surface area contributed by atoms with Crippen LogP contribution in [-0.2, 0) is 29.6 Å². The van der Waals surface area contributed by atoms with Gasteiger partial charge in [-0.1, -0.05) is 18.2 Å². The molecule has 2 aromatic heterocycles. The lowest BCUT2D eigenvalue weighted by Crippen LogP contribution is -2.50. The summed E-state index contributed by atoms with van der Waals surface area (Å²) in [4.78, 5) is 39.2. The molecule has 4 bridgehead atoms. The van der Waals surface area contributed by atoms with Crippen molar-refractivity contribution in [2.24, 2.45) is 12.5 Å². The van der Waals surface area contributed by atoms with Crippen LogP contribution in [0.5, 0.6) is 11.5 Å². The smallest absolute Gasteiger partial charge is 0.234 e. The van der Waals surface area contributed by atoms with Gasteiger partial charge in [0.2, 0.25) is 11.8 Å². The van der Waals surface area contributed by atoms with Crippen molar-refractivity contribution in [2.45, 2.75) is 25.3 Å². The Morgan fingerprint density at radius 2 is 2.13 bits per heavy atom. The first kappa shape index (κ1) is 25.4. The minimum absolute atomic E-state index is 0.0227. The van der Waals surface area contributed by atoms with Crippen molar-refractivity contribution in [3.05, 3.63) is 72.1 Å². The standard InChI is InChI=1S/C29H34N6O4/c1-33-11-9-31-25(33)16-34-10-4-12-38-24-7-2-6-22-23-15-35(27(37)13-21-5-3-8-30-14-21)19-29(23,20-39-28(22)24)18-32-26(36)17-34/h2-3,5-9,11,14,23H,4,10,12-13,15-20H2,1H3,(H,32,36)/t23-,29+/m0/s1. The fraction of sp³-hybridized carbons (Fsp3) is 0.448. The lowest BCUT2D eigenvalue weighted by Gasteiger charge is -2.40. The third kappa shape index (κ3) is 5.21. The first-order valence-electron chi connectivity index (χ1n) is 13.5. The molecule has 2 amide bonds. The summed E-state index contributed by atoms with van der Waals surface area (Å²) in [6, 6.07) is 9.78. The van der Waals surface area contributed by atoms with Gasteiger partial charge in [-0.25, -0.2) is 4.98 Å². The number of fused-ring (bicyclic) bond motifs is 9. The van der Waals surface area contributed by atoms with Crippen molar-refractivity contribution in [3.8, 4) is 11.5 Å². The van der Waals surface area contributed by atoms with E-state index >= 15 is 0 Å². The molecule has 1 aromatic carbocycles. The summed E-state index contributed by atoms with van der Waals surface area (Å²) in [5.74, 6) is 2.43. The fourth-order valence-electron chi connectivity index (χ4n) is 6.01. The van der Waals surface area contributed by atoms with Crippen molar-refractivity contribution in [3.63, 3.8) is 0 Å². The SMILES string of the molecule is Cn1ccnc1CN1CCCOc2cccc3c2OC[C@@]2(CNC(=O)C1)CN(C(=O)Cc1cccnc1)C[C@@H]32. The van der Waals surface area contributed by atoms with E-state index in [4.69, 9.17) is 9.47 Å². The maximum Gasteiger partial charge on any atom is 0.234 e. The molecule has 7 rings (SSSR count). The Bertz CT molecular complexity index is 1340. The van der Waals surface area contributed by atoms with E-state index in [1.807, 2.05) is 47.0 Å². The number of aromatic nitrogens is 3. The highest BCUT2D eigenvalue weighted by Gasteiger charge is 2.53. The number of benzene rings is 1. The zero-order chi connectivity index (χ0) is 26.8.